The molecule has 0 amide bonds. The molecule has 3 saturated heterocycles. The van der Waals surface area contributed by atoms with Crippen LogP contribution in [0.15, 0.2) is 61.2 Å². The third-order valence-corrected chi connectivity index (χ3v) is 7.54. The first-order chi connectivity index (χ1) is 18.8. The van der Waals surface area contributed by atoms with Crippen LogP contribution in [0.5, 0.6) is 5.88 Å². The summed E-state index contributed by atoms with van der Waals surface area (Å²) in [5, 5.41) is 24.2. The van der Waals surface area contributed by atoms with E-state index in [1.165, 1.54) is 12.0 Å². The number of methoxy groups -OCH3 is 1. The minimum Gasteiger partial charge on any atom is -0.481 e. The summed E-state index contributed by atoms with van der Waals surface area (Å²) in [5.41, 5.74) is 4.18. The van der Waals surface area contributed by atoms with Crippen molar-refractivity contribution in [3.05, 3.63) is 77.9 Å². The Hall–Kier alpha value is -4.26. The maximum absolute atomic E-state index is 10.1. The summed E-state index contributed by atoms with van der Waals surface area (Å²) in [4.78, 5) is 14.1. The highest BCUT2D eigenvalue weighted by molar-refractivity contribution is 5.85. The summed E-state index contributed by atoms with van der Waals surface area (Å²) in [6.45, 7) is 6.23. The van der Waals surface area contributed by atoms with Crippen molar-refractivity contribution in [2.24, 2.45) is 0 Å². The zero-order valence-corrected chi connectivity index (χ0v) is 22.3. The van der Waals surface area contributed by atoms with Crippen LogP contribution in [0.2, 0.25) is 0 Å². The third kappa shape index (κ3) is 4.97. The molecule has 3 aliphatic rings. The van der Waals surface area contributed by atoms with Gasteiger partial charge in [-0.05, 0) is 49.6 Å². The number of hydrogen-bond donors (Lipinski definition) is 1. The fourth-order valence-corrected chi connectivity index (χ4v) is 5.54. The lowest BCUT2D eigenvalue weighted by molar-refractivity contribution is -0.00876. The third-order valence-electron chi connectivity index (χ3n) is 7.54. The fourth-order valence-electron chi connectivity index (χ4n) is 5.54. The molecule has 7 heterocycles. The molecule has 2 unspecified atom stereocenters. The number of nitriles is 1. The van der Waals surface area contributed by atoms with Crippen LogP contribution in [-0.2, 0) is 6.54 Å². The molecule has 1 N–H and O–H groups in total. The van der Waals surface area contributed by atoms with Crippen molar-refractivity contribution in [3.8, 4) is 23.1 Å². The zero-order chi connectivity index (χ0) is 27.1. The zero-order valence-electron chi connectivity index (χ0n) is 22.3. The second kappa shape index (κ2) is 9.80. The number of rotatable bonds is 7. The van der Waals surface area contributed by atoms with Gasteiger partial charge in [-0.2, -0.15) is 10.4 Å². The van der Waals surface area contributed by atoms with Gasteiger partial charge in [-0.3, -0.25) is 4.90 Å². The molecule has 2 bridgehead atoms. The van der Waals surface area contributed by atoms with E-state index < -0.39 is 5.60 Å². The van der Waals surface area contributed by atoms with Gasteiger partial charge < -0.3 is 14.7 Å². The Balaban J connectivity index is 1.21. The molecular weight excluding hydrogens is 490 g/mol. The molecule has 0 saturated carbocycles. The lowest BCUT2D eigenvalue weighted by Gasteiger charge is -2.56. The maximum Gasteiger partial charge on any atom is 0.212 e. The van der Waals surface area contributed by atoms with Crippen molar-refractivity contribution in [1.82, 2.24) is 24.5 Å². The molecular formula is C30H31N7O2. The second-order valence-electron chi connectivity index (χ2n) is 10.9. The average molecular weight is 522 g/mol. The summed E-state index contributed by atoms with van der Waals surface area (Å²) in [7, 11) is 1.63. The number of piperazine rings is 1. The van der Waals surface area contributed by atoms with E-state index in [4.69, 9.17) is 9.72 Å². The molecule has 2 atom stereocenters. The van der Waals surface area contributed by atoms with E-state index in [-0.39, 0.29) is 0 Å². The van der Waals surface area contributed by atoms with E-state index in [1.807, 2.05) is 36.8 Å². The van der Waals surface area contributed by atoms with E-state index in [1.54, 1.807) is 37.7 Å². The second-order valence-corrected chi connectivity index (χ2v) is 10.9. The van der Waals surface area contributed by atoms with Crippen LogP contribution in [0.4, 0.5) is 5.82 Å². The van der Waals surface area contributed by atoms with Crippen LogP contribution in [0.25, 0.3) is 22.7 Å². The number of fused-ring (bicyclic) bond motifs is 3. The number of nitrogens with zero attached hydrogens (tertiary/aromatic N) is 7. The number of piperidine rings is 1. The lowest BCUT2D eigenvalue weighted by atomic mass is 9.87. The standard InChI is InChI=1S/C30H31N7O2/c1-30(2,38)9-8-20-10-26(29-23(12-31)15-34-37(29)17-20)22-5-6-27(32-14-22)35-18-24-11-25(19-35)36(24)16-21-4-7-28(39-3)33-13-21/h4-10,13-15,17,24-25,38H,11,16,18-19H2,1-3H3/b9-8+. The Morgan fingerprint density at radius 3 is 2.59 bits per heavy atom. The Morgan fingerprint density at radius 1 is 1.13 bits per heavy atom. The highest BCUT2D eigenvalue weighted by Crippen LogP contribution is 2.36. The normalized spacial score (nSPS) is 19.3. The van der Waals surface area contributed by atoms with Gasteiger partial charge in [0.15, 0.2) is 0 Å². The Labute approximate surface area is 227 Å². The maximum atomic E-state index is 10.1. The van der Waals surface area contributed by atoms with Crippen molar-refractivity contribution >= 4 is 17.4 Å². The summed E-state index contributed by atoms with van der Waals surface area (Å²) >= 11 is 0. The minimum absolute atomic E-state index is 0.496. The largest absolute Gasteiger partial charge is 0.481 e. The monoisotopic (exact) mass is 521 g/mol. The SMILES string of the molecule is COc1ccc(CN2C3CC2CN(c2ccc(-c4cc(/C=C/C(C)(C)O)cn5ncc(C#N)c45)cn2)C3)cn1. The quantitative estimate of drug-likeness (QED) is 0.390. The highest BCUT2D eigenvalue weighted by atomic mass is 16.5. The van der Waals surface area contributed by atoms with Gasteiger partial charge in [-0.1, -0.05) is 18.2 Å². The first kappa shape index (κ1) is 25.0. The van der Waals surface area contributed by atoms with Crippen LogP contribution >= 0.6 is 0 Å². The topological polar surface area (TPSA) is 103 Å². The van der Waals surface area contributed by atoms with Gasteiger partial charge in [-0.25, -0.2) is 14.5 Å². The van der Waals surface area contributed by atoms with E-state index >= 15 is 0 Å². The number of anilines is 1. The number of hydrogen-bond acceptors (Lipinski definition) is 8. The molecule has 0 aliphatic carbocycles. The molecule has 3 aliphatic heterocycles. The van der Waals surface area contributed by atoms with Gasteiger partial charge in [0.1, 0.15) is 11.9 Å². The summed E-state index contributed by atoms with van der Waals surface area (Å²) in [5.74, 6) is 1.60. The van der Waals surface area contributed by atoms with Crippen molar-refractivity contribution < 1.29 is 9.84 Å². The summed E-state index contributed by atoms with van der Waals surface area (Å²) in [6, 6.07) is 13.4. The van der Waals surface area contributed by atoms with Crippen LogP contribution in [0, 0.1) is 11.3 Å². The number of aromatic nitrogens is 4. The Kier molecular flexibility index (Phi) is 6.29. The number of aliphatic hydroxyl groups is 1. The molecule has 4 aromatic rings. The molecule has 7 rings (SSSR count). The van der Waals surface area contributed by atoms with Crippen molar-refractivity contribution in [2.75, 3.05) is 25.1 Å². The fraction of sp³-hybridized carbons (Fsp3) is 0.333. The minimum atomic E-state index is -0.934. The molecule has 39 heavy (non-hydrogen) atoms. The Bertz CT molecular complexity index is 1550. The van der Waals surface area contributed by atoms with Gasteiger partial charge in [0.2, 0.25) is 5.88 Å². The molecule has 9 nitrogen and oxygen atoms in total. The number of pyridine rings is 3. The van der Waals surface area contributed by atoms with Crippen molar-refractivity contribution in [1.29, 1.82) is 5.26 Å². The van der Waals surface area contributed by atoms with Gasteiger partial charge in [0.25, 0.3) is 0 Å². The molecule has 3 fully saturated rings. The highest BCUT2D eigenvalue weighted by Gasteiger charge is 2.44. The predicted molar refractivity (Wildman–Crippen MR) is 149 cm³/mol. The van der Waals surface area contributed by atoms with Crippen LogP contribution in [0.3, 0.4) is 0 Å². The average Bonchev–Trinajstić information content (AvgIpc) is 3.37. The van der Waals surface area contributed by atoms with Gasteiger partial charge in [0.05, 0.1) is 30.0 Å². The smallest absolute Gasteiger partial charge is 0.212 e. The van der Waals surface area contributed by atoms with Crippen LogP contribution in [0.1, 0.15) is 37.0 Å². The van der Waals surface area contributed by atoms with E-state index in [0.29, 0.717) is 23.5 Å². The van der Waals surface area contributed by atoms with Gasteiger partial charge in [0, 0.05) is 67.5 Å². The van der Waals surface area contributed by atoms with E-state index in [2.05, 4.69) is 44.2 Å². The molecule has 0 spiro atoms. The summed E-state index contributed by atoms with van der Waals surface area (Å²) < 4.78 is 6.90. The van der Waals surface area contributed by atoms with E-state index in [0.717, 1.165) is 47.7 Å². The van der Waals surface area contributed by atoms with E-state index in [9.17, 15) is 10.4 Å². The summed E-state index contributed by atoms with van der Waals surface area (Å²) in [6.07, 6.45) is 12.0. The first-order valence-corrected chi connectivity index (χ1v) is 13.1. The molecule has 4 aromatic heterocycles. The lowest BCUT2D eigenvalue weighted by Crippen LogP contribution is -2.68. The number of ether oxygens (including phenoxy) is 1. The Morgan fingerprint density at radius 2 is 1.95 bits per heavy atom. The molecule has 0 radical (unpaired) electrons. The van der Waals surface area contributed by atoms with Gasteiger partial charge in [-0.15, -0.1) is 0 Å². The van der Waals surface area contributed by atoms with Crippen molar-refractivity contribution in [2.45, 2.75) is 44.5 Å². The molecule has 198 valence electrons. The first-order valence-electron chi connectivity index (χ1n) is 13.1. The van der Waals surface area contributed by atoms with Gasteiger partial charge >= 0.3 is 0 Å². The van der Waals surface area contributed by atoms with Crippen LogP contribution < -0.4 is 9.64 Å². The van der Waals surface area contributed by atoms with Crippen LogP contribution in [-0.4, -0.2) is 67.5 Å². The molecule has 0 aromatic carbocycles. The van der Waals surface area contributed by atoms with Crippen molar-refractivity contribution in [3.63, 3.8) is 0 Å². The molecule has 9 heteroatoms. The predicted octanol–water partition coefficient (Wildman–Crippen LogP) is 3.92.